The van der Waals surface area contributed by atoms with Crippen molar-refractivity contribution in [3.63, 3.8) is 0 Å². The number of anilines is 2. The van der Waals surface area contributed by atoms with E-state index in [0.29, 0.717) is 6.04 Å². The van der Waals surface area contributed by atoms with Gasteiger partial charge >= 0.3 is 0 Å². The van der Waals surface area contributed by atoms with E-state index in [-0.39, 0.29) is 0 Å². The van der Waals surface area contributed by atoms with Crippen molar-refractivity contribution in [2.45, 2.75) is 32.2 Å². The SMILES string of the molecule is CNc1ccc(-c2cc(NC3CCCc4ccccc43)nc(C)n2)cc1. The Labute approximate surface area is 154 Å². The van der Waals surface area contributed by atoms with Crippen molar-refractivity contribution in [2.75, 3.05) is 17.7 Å². The molecule has 0 spiro atoms. The lowest BCUT2D eigenvalue weighted by Crippen LogP contribution is -2.18. The van der Waals surface area contributed by atoms with Crippen LogP contribution in [0.25, 0.3) is 11.3 Å². The Balaban J connectivity index is 1.63. The van der Waals surface area contributed by atoms with Gasteiger partial charge in [0.25, 0.3) is 0 Å². The summed E-state index contributed by atoms with van der Waals surface area (Å²) in [6.07, 6.45) is 3.50. The molecule has 2 aromatic carbocycles. The molecule has 4 nitrogen and oxygen atoms in total. The second-order valence-electron chi connectivity index (χ2n) is 6.80. The van der Waals surface area contributed by atoms with Gasteiger partial charge in [-0.1, -0.05) is 36.4 Å². The minimum absolute atomic E-state index is 0.314. The monoisotopic (exact) mass is 344 g/mol. The number of nitrogens with one attached hydrogen (secondary N) is 2. The van der Waals surface area contributed by atoms with Crippen molar-refractivity contribution < 1.29 is 0 Å². The normalized spacial score (nSPS) is 16.0. The molecule has 0 amide bonds. The van der Waals surface area contributed by atoms with Crippen molar-refractivity contribution in [3.8, 4) is 11.3 Å². The van der Waals surface area contributed by atoms with E-state index in [4.69, 9.17) is 0 Å². The smallest absolute Gasteiger partial charge is 0.130 e. The fourth-order valence-corrected chi connectivity index (χ4v) is 3.68. The van der Waals surface area contributed by atoms with Gasteiger partial charge in [-0.05, 0) is 49.4 Å². The topological polar surface area (TPSA) is 49.8 Å². The van der Waals surface area contributed by atoms with Gasteiger partial charge in [0.15, 0.2) is 0 Å². The van der Waals surface area contributed by atoms with Crippen LogP contribution in [0.5, 0.6) is 0 Å². The summed E-state index contributed by atoms with van der Waals surface area (Å²) in [5.41, 5.74) is 5.99. The van der Waals surface area contributed by atoms with Crippen molar-refractivity contribution in [1.82, 2.24) is 9.97 Å². The van der Waals surface area contributed by atoms with Crippen molar-refractivity contribution in [3.05, 3.63) is 71.5 Å². The first-order chi connectivity index (χ1) is 12.7. The van der Waals surface area contributed by atoms with E-state index < -0.39 is 0 Å². The summed E-state index contributed by atoms with van der Waals surface area (Å²) in [5, 5.41) is 6.79. The molecule has 0 bridgehead atoms. The predicted octanol–water partition coefficient (Wildman–Crippen LogP) is 4.98. The van der Waals surface area contributed by atoms with E-state index in [1.807, 2.05) is 14.0 Å². The second-order valence-corrected chi connectivity index (χ2v) is 6.80. The minimum atomic E-state index is 0.314. The Morgan fingerprint density at radius 2 is 1.81 bits per heavy atom. The molecule has 1 aliphatic rings. The number of aromatic nitrogens is 2. The highest BCUT2D eigenvalue weighted by Gasteiger charge is 2.20. The van der Waals surface area contributed by atoms with E-state index in [1.54, 1.807) is 0 Å². The van der Waals surface area contributed by atoms with Crippen LogP contribution in [0.2, 0.25) is 0 Å². The number of rotatable bonds is 4. The molecule has 1 aliphatic carbocycles. The third-order valence-electron chi connectivity index (χ3n) is 5.00. The lowest BCUT2D eigenvalue weighted by molar-refractivity contribution is 0.598. The highest BCUT2D eigenvalue weighted by Crippen LogP contribution is 2.32. The summed E-state index contributed by atoms with van der Waals surface area (Å²) >= 11 is 0. The number of fused-ring (bicyclic) bond motifs is 1. The second kappa shape index (κ2) is 7.16. The van der Waals surface area contributed by atoms with E-state index in [0.717, 1.165) is 35.0 Å². The van der Waals surface area contributed by atoms with E-state index in [1.165, 1.54) is 24.0 Å². The maximum atomic E-state index is 4.63. The maximum absolute atomic E-state index is 4.63. The van der Waals surface area contributed by atoms with Gasteiger partial charge < -0.3 is 10.6 Å². The molecule has 0 radical (unpaired) electrons. The third kappa shape index (κ3) is 3.40. The van der Waals surface area contributed by atoms with E-state index in [2.05, 4.69) is 75.2 Å². The van der Waals surface area contributed by atoms with Gasteiger partial charge in [0.05, 0.1) is 11.7 Å². The fourth-order valence-electron chi connectivity index (χ4n) is 3.68. The first-order valence-electron chi connectivity index (χ1n) is 9.21. The minimum Gasteiger partial charge on any atom is -0.388 e. The molecule has 4 heteroatoms. The summed E-state index contributed by atoms with van der Waals surface area (Å²) in [6, 6.07) is 19.4. The lowest BCUT2D eigenvalue weighted by atomic mass is 9.88. The molecule has 1 unspecified atom stereocenters. The quantitative estimate of drug-likeness (QED) is 0.700. The molecule has 0 saturated carbocycles. The molecular formula is C22H24N4. The van der Waals surface area contributed by atoms with Crippen LogP contribution in [-0.4, -0.2) is 17.0 Å². The van der Waals surface area contributed by atoms with Crippen LogP contribution >= 0.6 is 0 Å². The first-order valence-corrected chi connectivity index (χ1v) is 9.21. The molecule has 1 aromatic heterocycles. The number of benzene rings is 2. The van der Waals surface area contributed by atoms with E-state index >= 15 is 0 Å². The van der Waals surface area contributed by atoms with Gasteiger partial charge in [-0.25, -0.2) is 9.97 Å². The predicted molar refractivity (Wildman–Crippen MR) is 107 cm³/mol. The average molecular weight is 344 g/mol. The fraction of sp³-hybridized carbons (Fsp3) is 0.273. The molecule has 3 aromatic rings. The van der Waals surface area contributed by atoms with Gasteiger partial charge in [0.2, 0.25) is 0 Å². The van der Waals surface area contributed by atoms with Gasteiger partial charge in [-0.3, -0.25) is 0 Å². The summed E-state index contributed by atoms with van der Waals surface area (Å²) in [6.45, 7) is 1.95. The largest absolute Gasteiger partial charge is 0.388 e. The molecule has 26 heavy (non-hydrogen) atoms. The molecular weight excluding hydrogens is 320 g/mol. The van der Waals surface area contributed by atoms with Gasteiger partial charge in [-0.15, -0.1) is 0 Å². The molecule has 132 valence electrons. The summed E-state index contributed by atoms with van der Waals surface area (Å²) < 4.78 is 0. The Morgan fingerprint density at radius 3 is 2.62 bits per heavy atom. The third-order valence-corrected chi connectivity index (χ3v) is 5.00. The van der Waals surface area contributed by atoms with E-state index in [9.17, 15) is 0 Å². The zero-order valence-corrected chi connectivity index (χ0v) is 15.3. The van der Waals surface area contributed by atoms with Crippen LogP contribution in [0.15, 0.2) is 54.6 Å². The van der Waals surface area contributed by atoms with Gasteiger partial charge in [0.1, 0.15) is 11.6 Å². The maximum Gasteiger partial charge on any atom is 0.130 e. The summed E-state index contributed by atoms with van der Waals surface area (Å²) in [5.74, 6) is 1.68. The molecule has 1 atom stereocenters. The van der Waals surface area contributed by atoms with Crippen LogP contribution in [0.3, 0.4) is 0 Å². The van der Waals surface area contributed by atoms with Crippen LogP contribution in [0.4, 0.5) is 11.5 Å². The number of aryl methyl sites for hydroxylation is 2. The van der Waals surface area contributed by atoms with Gasteiger partial charge in [0, 0.05) is 24.4 Å². The molecule has 2 N–H and O–H groups in total. The molecule has 1 heterocycles. The van der Waals surface area contributed by atoms with Crippen molar-refractivity contribution >= 4 is 11.5 Å². The lowest BCUT2D eigenvalue weighted by Gasteiger charge is -2.27. The highest BCUT2D eigenvalue weighted by molar-refractivity contribution is 5.65. The Morgan fingerprint density at radius 1 is 1.00 bits per heavy atom. The zero-order valence-electron chi connectivity index (χ0n) is 15.3. The van der Waals surface area contributed by atoms with Crippen LogP contribution in [0, 0.1) is 6.92 Å². The number of hydrogen-bond acceptors (Lipinski definition) is 4. The Bertz CT molecular complexity index is 902. The molecule has 0 fully saturated rings. The number of nitrogens with zero attached hydrogens (tertiary/aromatic N) is 2. The number of hydrogen-bond donors (Lipinski definition) is 2. The Hall–Kier alpha value is -2.88. The van der Waals surface area contributed by atoms with Gasteiger partial charge in [-0.2, -0.15) is 0 Å². The van der Waals surface area contributed by atoms with Crippen LogP contribution < -0.4 is 10.6 Å². The van der Waals surface area contributed by atoms with Crippen LogP contribution in [0.1, 0.15) is 35.8 Å². The van der Waals surface area contributed by atoms with Crippen LogP contribution in [-0.2, 0) is 6.42 Å². The molecule has 0 saturated heterocycles. The first kappa shape index (κ1) is 16.6. The summed E-state index contributed by atoms with van der Waals surface area (Å²) in [7, 11) is 1.92. The molecule has 0 aliphatic heterocycles. The molecule has 4 rings (SSSR count). The average Bonchev–Trinajstić information content (AvgIpc) is 2.68. The zero-order chi connectivity index (χ0) is 17.9. The van der Waals surface area contributed by atoms with Crippen molar-refractivity contribution in [1.29, 1.82) is 0 Å². The Kier molecular flexibility index (Phi) is 4.57. The van der Waals surface area contributed by atoms with Crippen molar-refractivity contribution in [2.24, 2.45) is 0 Å². The standard InChI is InChI=1S/C22H24N4/c1-15-24-21(17-10-12-18(23-2)13-11-17)14-22(25-15)26-20-9-5-7-16-6-3-4-8-19(16)20/h3-4,6,8,10-14,20,23H,5,7,9H2,1-2H3,(H,24,25,26). The summed E-state index contributed by atoms with van der Waals surface area (Å²) in [4.78, 5) is 9.25. The highest BCUT2D eigenvalue weighted by atomic mass is 15.0.